The van der Waals surface area contributed by atoms with Crippen LogP contribution in [0.4, 0.5) is 5.69 Å². The van der Waals surface area contributed by atoms with Crippen LogP contribution in [0.25, 0.3) is 0 Å². The molecule has 1 rings (SSSR count). The van der Waals surface area contributed by atoms with Crippen LogP contribution in [0.15, 0.2) is 12.4 Å². The molecule has 1 aromatic heterocycles. The van der Waals surface area contributed by atoms with Gasteiger partial charge in [-0.15, -0.1) is 0 Å². The maximum Gasteiger partial charge on any atom is 0.241 e. The molecule has 0 aliphatic carbocycles. The number of nitrogens with zero attached hydrogens (tertiary/aromatic N) is 2. The molecule has 0 aromatic carbocycles. The summed E-state index contributed by atoms with van der Waals surface area (Å²) < 4.78 is 1.64. The second-order valence-electron chi connectivity index (χ2n) is 2.90. The number of likely N-dealkylation sites (N-methyl/N-ethyl adjacent to an activating group) is 1. The zero-order valence-corrected chi connectivity index (χ0v) is 8.03. The summed E-state index contributed by atoms with van der Waals surface area (Å²) in [6.07, 6.45) is 3.36. The number of hydrogen-bond donors (Lipinski definition) is 2. The van der Waals surface area contributed by atoms with E-state index in [9.17, 15) is 4.79 Å². The van der Waals surface area contributed by atoms with Crippen LogP contribution in [0.3, 0.4) is 0 Å². The molecule has 0 aliphatic heterocycles. The lowest BCUT2D eigenvalue weighted by Gasteiger charge is -2.08. The molecule has 5 nitrogen and oxygen atoms in total. The van der Waals surface area contributed by atoms with Gasteiger partial charge in [-0.2, -0.15) is 5.10 Å². The predicted molar refractivity (Wildman–Crippen MR) is 50.4 cm³/mol. The number of nitrogens with one attached hydrogen (secondary N) is 2. The van der Waals surface area contributed by atoms with Crippen LogP contribution in [0.1, 0.15) is 6.92 Å². The standard InChI is InChI=1S/C8H14N4O/c1-6(9-2)8(13)11-7-4-10-12(3)5-7/h4-6,9H,1-3H3,(H,11,13). The molecule has 0 bridgehead atoms. The molecule has 1 heterocycles. The molecule has 0 spiro atoms. The van der Waals surface area contributed by atoms with E-state index in [1.165, 1.54) is 0 Å². The van der Waals surface area contributed by atoms with Gasteiger partial charge in [0.15, 0.2) is 0 Å². The van der Waals surface area contributed by atoms with Crippen molar-refractivity contribution in [1.82, 2.24) is 15.1 Å². The van der Waals surface area contributed by atoms with E-state index in [0.717, 1.165) is 5.69 Å². The number of hydrogen-bond acceptors (Lipinski definition) is 3. The molecule has 5 heteroatoms. The lowest BCUT2D eigenvalue weighted by molar-refractivity contribution is -0.117. The Labute approximate surface area is 77.1 Å². The van der Waals surface area contributed by atoms with E-state index in [0.29, 0.717) is 0 Å². The van der Waals surface area contributed by atoms with Gasteiger partial charge in [0.1, 0.15) is 0 Å². The van der Waals surface area contributed by atoms with Crippen LogP contribution >= 0.6 is 0 Å². The van der Waals surface area contributed by atoms with Crippen molar-refractivity contribution in [3.63, 3.8) is 0 Å². The Hall–Kier alpha value is -1.36. The molecule has 1 atom stereocenters. The quantitative estimate of drug-likeness (QED) is 0.690. The summed E-state index contributed by atoms with van der Waals surface area (Å²) in [4.78, 5) is 11.3. The lowest BCUT2D eigenvalue weighted by Crippen LogP contribution is -2.35. The number of aromatic nitrogens is 2. The number of aryl methyl sites for hydroxylation is 1. The van der Waals surface area contributed by atoms with E-state index < -0.39 is 0 Å². The number of carbonyl (C=O) groups excluding carboxylic acids is 1. The van der Waals surface area contributed by atoms with Crippen molar-refractivity contribution in [2.75, 3.05) is 12.4 Å². The Morgan fingerprint density at radius 1 is 1.69 bits per heavy atom. The van der Waals surface area contributed by atoms with Crippen molar-refractivity contribution in [3.8, 4) is 0 Å². The second-order valence-corrected chi connectivity index (χ2v) is 2.90. The molecular weight excluding hydrogens is 168 g/mol. The Balaban J connectivity index is 2.54. The number of anilines is 1. The van der Waals surface area contributed by atoms with Crippen molar-refractivity contribution in [1.29, 1.82) is 0 Å². The highest BCUT2D eigenvalue weighted by Crippen LogP contribution is 2.03. The number of carbonyl (C=O) groups is 1. The van der Waals surface area contributed by atoms with Crippen LogP contribution < -0.4 is 10.6 Å². The van der Waals surface area contributed by atoms with E-state index in [2.05, 4.69) is 15.7 Å². The zero-order chi connectivity index (χ0) is 9.84. The average molecular weight is 182 g/mol. The number of rotatable bonds is 3. The lowest BCUT2D eigenvalue weighted by atomic mass is 10.3. The van der Waals surface area contributed by atoms with Gasteiger partial charge in [0, 0.05) is 13.2 Å². The third-order valence-electron chi connectivity index (χ3n) is 1.80. The Morgan fingerprint density at radius 3 is 2.85 bits per heavy atom. The Bertz CT molecular complexity index is 294. The van der Waals surface area contributed by atoms with Gasteiger partial charge in [0.2, 0.25) is 5.91 Å². The minimum absolute atomic E-state index is 0.0597. The first kappa shape index (κ1) is 9.73. The normalized spacial score (nSPS) is 12.5. The second kappa shape index (κ2) is 4.04. The molecule has 13 heavy (non-hydrogen) atoms. The topological polar surface area (TPSA) is 59.0 Å². The first-order valence-electron chi connectivity index (χ1n) is 4.10. The predicted octanol–water partition coefficient (Wildman–Crippen LogP) is -0.0335. The van der Waals surface area contributed by atoms with Crippen LogP contribution in [-0.4, -0.2) is 28.8 Å². The molecule has 0 radical (unpaired) electrons. The van der Waals surface area contributed by atoms with E-state index in [1.54, 1.807) is 38.1 Å². The molecule has 0 aliphatic rings. The molecule has 0 saturated heterocycles. The zero-order valence-electron chi connectivity index (χ0n) is 8.03. The van der Waals surface area contributed by atoms with Crippen molar-refractivity contribution < 1.29 is 4.79 Å². The average Bonchev–Trinajstić information content (AvgIpc) is 2.49. The maximum absolute atomic E-state index is 11.3. The summed E-state index contributed by atoms with van der Waals surface area (Å²) in [6, 6.07) is -0.194. The molecule has 1 unspecified atom stereocenters. The van der Waals surface area contributed by atoms with Crippen molar-refractivity contribution >= 4 is 11.6 Å². The minimum atomic E-state index is -0.194. The molecule has 2 N–H and O–H groups in total. The fourth-order valence-corrected chi connectivity index (χ4v) is 0.867. The van der Waals surface area contributed by atoms with Gasteiger partial charge in [-0.05, 0) is 14.0 Å². The minimum Gasteiger partial charge on any atom is -0.322 e. The van der Waals surface area contributed by atoms with Gasteiger partial charge in [-0.25, -0.2) is 0 Å². The summed E-state index contributed by atoms with van der Waals surface area (Å²) in [5, 5.41) is 9.52. The van der Waals surface area contributed by atoms with Gasteiger partial charge in [-0.3, -0.25) is 9.48 Å². The third-order valence-corrected chi connectivity index (χ3v) is 1.80. The Kier molecular flexibility index (Phi) is 3.02. The van der Waals surface area contributed by atoms with Crippen molar-refractivity contribution in [2.24, 2.45) is 7.05 Å². The highest BCUT2D eigenvalue weighted by atomic mass is 16.2. The van der Waals surface area contributed by atoms with E-state index in [1.807, 2.05) is 0 Å². The highest BCUT2D eigenvalue weighted by molar-refractivity contribution is 5.94. The fraction of sp³-hybridized carbons (Fsp3) is 0.500. The van der Waals surface area contributed by atoms with E-state index in [-0.39, 0.29) is 11.9 Å². The highest BCUT2D eigenvalue weighted by Gasteiger charge is 2.10. The summed E-state index contributed by atoms with van der Waals surface area (Å²) in [5.41, 5.74) is 0.717. The van der Waals surface area contributed by atoms with E-state index >= 15 is 0 Å². The molecular formula is C8H14N4O. The summed E-state index contributed by atoms with van der Waals surface area (Å²) in [6.45, 7) is 1.80. The molecule has 1 amide bonds. The number of amides is 1. The first-order chi connectivity index (χ1) is 6.13. The molecule has 0 fully saturated rings. The SMILES string of the molecule is CNC(C)C(=O)Nc1cnn(C)c1. The van der Waals surface area contributed by atoms with Gasteiger partial charge in [0.05, 0.1) is 17.9 Å². The van der Waals surface area contributed by atoms with Crippen LogP contribution in [0.2, 0.25) is 0 Å². The van der Waals surface area contributed by atoms with Crippen molar-refractivity contribution in [3.05, 3.63) is 12.4 Å². The van der Waals surface area contributed by atoms with Gasteiger partial charge in [0.25, 0.3) is 0 Å². The largest absolute Gasteiger partial charge is 0.322 e. The smallest absolute Gasteiger partial charge is 0.241 e. The van der Waals surface area contributed by atoms with Crippen molar-refractivity contribution in [2.45, 2.75) is 13.0 Å². The van der Waals surface area contributed by atoms with Gasteiger partial charge in [-0.1, -0.05) is 0 Å². The summed E-state index contributed by atoms with van der Waals surface area (Å²) in [5.74, 6) is -0.0597. The maximum atomic E-state index is 11.3. The van der Waals surface area contributed by atoms with Crippen LogP contribution in [0.5, 0.6) is 0 Å². The monoisotopic (exact) mass is 182 g/mol. The van der Waals surface area contributed by atoms with Crippen LogP contribution in [-0.2, 0) is 11.8 Å². The first-order valence-corrected chi connectivity index (χ1v) is 4.10. The fourth-order valence-electron chi connectivity index (χ4n) is 0.867. The molecule has 0 saturated carbocycles. The Morgan fingerprint density at radius 2 is 2.38 bits per heavy atom. The summed E-state index contributed by atoms with van der Waals surface area (Å²) >= 11 is 0. The summed E-state index contributed by atoms with van der Waals surface area (Å²) in [7, 11) is 3.55. The van der Waals surface area contributed by atoms with Gasteiger partial charge < -0.3 is 10.6 Å². The molecule has 72 valence electrons. The molecule has 1 aromatic rings. The third kappa shape index (κ3) is 2.55. The van der Waals surface area contributed by atoms with Crippen LogP contribution in [0, 0.1) is 0 Å². The van der Waals surface area contributed by atoms with E-state index in [4.69, 9.17) is 0 Å². The van der Waals surface area contributed by atoms with Gasteiger partial charge >= 0.3 is 0 Å².